The van der Waals surface area contributed by atoms with Crippen LogP contribution in [-0.2, 0) is 4.79 Å². The zero-order valence-electron chi connectivity index (χ0n) is 15.1. The second-order valence-electron chi connectivity index (χ2n) is 5.96. The largest absolute Gasteiger partial charge is 0.330 e. The Morgan fingerprint density at radius 2 is 2.00 bits per heavy atom. The highest BCUT2D eigenvalue weighted by Crippen LogP contribution is 2.28. The van der Waals surface area contributed by atoms with Crippen molar-refractivity contribution in [1.82, 2.24) is 10.2 Å². The number of aryl methyl sites for hydroxylation is 2. The van der Waals surface area contributed by atoms with Crippen molar-refractivity contribution in [3.8, 4) is 0 Å². The molecule has 3 aromatic rings. The van der Waals surface area contributed by atoms with Gasteiger partial charge in [0.25, 0.3) is 5.69 Å². The Kier molecular flexibility index (Phi) is 6.22. The number of nitro groups is 1. The average Bonchev–Trinajstić information content (AvgIpc) is 3.09. The molecule has 0 saturated heterocycles. The van der Waals surface area contributed by atoms with Crippen molar-refractivity contribution < 1.29 is 9.72 Å². The summed E-state index contributed by atoms with van der Waals surface area (Å²) in [6, 6.07) is 12.5. The van der Waals surface area contributed by atoms with Crippen LogP contribution < -0.4 is 10.6 Å². The lowest BCUT2D eigenvalue weighted by atomic mass is 10.2. The molecule has 0 fully saturated rings. The van der Waals surface area contributed by atoms with E-state index in [-0.39, 0.29) is 17.3 Å². The fourth-order valence-electron chi connectivity index (χ4n) is 2.37. The Morgan fingerprint density at radius 1 is 1.18 bits per heavy atom. The minimum atomic E-state index is -0.469. The summed E-state index contributed by atoms with van der Waals surface area (Å²) in [4.78, 5) is 22.6. The van der Waals surface area contributed by atoms with Crippen LogP contribution in [0.3, 0.4) is 0 Å². The standard InChI is InChI=1S/C18H17N5O3S2/c1-11-4-3-5-13(8-11)20-17-21-22-18(28-17)27-10-16(24)19-14-7-6-12(2)15(9-14)23(25)26/h3-9H,10H2,1-2H3,(H,19,24)(H,20,21). The lowest BCUT2D eigenvalue weighted by Gasteiger charge is -2.05. The second-order valence-corrected chi connectivity index (χ2v) is 8.16. The fourth-order valence-corrected chi connectivity index (χ4v) is 3.95. The van der Waals surface area contributed by atoms with Gasteiger partial charge in [-0.15, -0.1) is 10.2 Å². The summed E-state index contributed by atoms with van der Waals surface area (Å²) in [5, 5.41) is 25.6. The molecule has 1 aromatic heterocycles. The van der Waals surface area contributed by atoms with Gasteiger partial charge in [0.1, 0.15) is 0 Å². The Labute approximate surface area is 169 Å². The monoisotopic (exact) mass is 415 g/mol. The molecular formula is C18H17N5O3S2. The summed E-state index contributed by atoms with van der Waals surface area (Å²) in [6.07, 6.45) is 0. The molecule has 0 aliphatic carbocycles. The Bertz CT molecular complexity index is 1020. The summed E-state index contributed by atoms with van der Waals surface area (Å²) in [7, 11) is 0. The molecule has 2 aromatic carbocycles. The normalized spacial score (nSPS) is 10.5. The predicted molar refractivity (Wildman–Crippen MR) is 112 cm³/mol. The Hall–Kier alpha value is -2.98. The number of carbonyl (C=O) groups is 1. The van der Waals surface area contributed by atoms with E-state index >= 15 is 0 Å². The van der Waals surface area contributed by atoms with Gasteiger partial charge in [-0.1, -0.05) is 41.3 Å². The lowest BCUT2D eigenvalue weighted by Crippen LogP contribution is -2.14. The van der Waals surface area contributed by atoms with E-state index in [4.69, 9.17) is 0 Å². The van der Waals surface area contributed by atoms with Gasteiger partial charge < -0.3 is 10.6 Å². The van der Waals surface area contributed by atoms with Crippen LogP contribution in [0, 0.1) is 24.0 Å². The molecule has 1 amide bonds. The molecule has 8 nitrogen and oxygen atoms in total. The quantitative estimate of drug-likeness (QED) is 0.331. The lowest BCUT2D eigenvalue weighted by molar-refractivity contribution is -0.385. The van der Waals surface area contributed by atoms with Crippen LogP contribution in [0.15, 0.2) is 46.8 Å². The van der Waals surface area contributed by atoms with Crippen LogP contribution in [0.25, 0.3) is 0 Å². The van der Waals surface area contributed by atoms with E-state index in [9.17, 15) is 14.9 Å². The molecule has 28 heavy (non-hydrogen) atoms. The summed E-state index contributed by atoms with van der Waals surface area (Å²) >= 11 is 2.61. The predicted octanol–water partition coefficient (Wildman–Crippen LogP) is 4.54. The first-order valence-corrected chi connectivity index (χ1v) is 10.1. The number of nitrogens with one attached hydrogen (secondary N) is 2. The summed E-state index contributed by atoms with van der Waals surface area (Å²) in [5.41, 5.74) is 2.96. The number of thioether (sulfide) groups is 1. The van der Waals surface area contributed by atoms with E-state index in [2.05, 4.69) is 20.8 Å². The van der Waals surface area contributed by atoms with Crippen molar-refractivity contribution in [1.29, 1.82) is 0 Å². The molecule has 0 aliphatic heterocycles. The summed E-state index contributed by atoms with van der Waals surface area (Å²) in [6.45, 7) is 3.66. The first-order chi connectivity index (χ1) is 13.4. The van der Waals surface area contributed by atoms with E-state index in [1.54, 1.807) is 19.1 Å². The topological polar surface area (TPSA) is 110 Å². The van der Waals surface area contributed by atoms with Crippen molar-refractivity contribution >= 4 is 51.2 Å². The molecule has 1 heterocycles. The van der Waals surface area contributed by atoms with E-state index in [0.29, 0.717) is 20.7 Å². The molecule has 0 radical (unpaired) electrons. The molecule has 0 aliphatic rings. The van der Waals surface area contributed by atoms with Crippen LogP contribution in [0.5, 0.6) is 0 Å². The number of aromatic nitrogens is 2. The van der Waals surface area contributed by atoms with Crippen LogP contribution in [-0.4, -0.2) is 26.8 Å². The molecule has 10 heteroatoms. The smallest absolute Gasteiger partial charge is 0.274 e. The summed E-state index contributed by atoms with van der Waals surface area (Å²) in [5.74, 6) is -0.146. The van der Waals surface area contributed by atoms with Gasteiger partial charge in [-0.2, -0.15) is 0 Å². The maximum Gasteiger partial charge on any atom is 0.274 e. The molecular weight excluding hydrogens is 398 g/mol. The first-order valence-electron chi connectivity index (χ1n) is 8.25. The minimum Gasteiger partial charge on any atom is -0.330 e. The zero-order valence-corrected chi connectivity index (χ0v) is 16.8. The number of anilines is 3. The average molecular weight is 416 g/mol. The number of hydrogen-bond donors (Lipinski definition) is 2. The maximum atomic E-state index is 12.1. The first kappa shape index (κ1) is 19.8. The minimum absolute atomic E-state index is 0.0264. The number of nitro benzene ring substituents is 1. The van der Waals surface area contributed by atoms with Crippen LogP contribution in [0.4, 0.5) is 22.2 Å². The highest BCUT2D eigenvalue weighted by atomic mass is 32.2. The van der Waals surface area contributed by atoms with E-state index < -0.39 is 4.92 Å². The fraction of sp³-hybridized carbons (Fsp3) is 0.167. The van der Waals surface area contributed by atoms with Gasteiger partial charge in [-0.25, -0.2) is 0 Å². The molecule has 144 valence electrons. The van der Waals surface area contributed by atoms with Crippen molar-refractivity contribution in [3.05, 3.63) is 63.7 Å². The van der Waals surface area contributed by atoms with Crippen LogP contribution in [0.2, 0.25) is 0 Å². The van der Waals surface area contributed by atoms with E-state index in [0.717, 1.165) is 11.3 Å². The maximum absolute atomic E-state index is 12.1. The molecule has 0 spiro atoms. The third kappa shape index (κ3) is 5.27. The SMILES string of the molecule is Cc1cccc(Nc2nnc(SCC(=O)Nc3ccc(C)c([N+](=O)[O-])c3)s2)c1. The van der Waals surface area contributed by atoms with Crippen molar-refractivity contribution in [3.63, 3.8) is 0 Å². The number of benzene rings is 2. The summed E-state index contributed by atoms with van der Waals surface area (Å²) < 4.78 is 0.653. The number of amides is 1. The Morgan fingerprint density at radius 3 is 2.75 bits per heavy atom. The number of nitrogens with zero attached hydrogens (tertiary/aromatic N) is 3. The molecule has 3 rings (SSSR count). The highest BCUT2D eigenvalue weighted by Gasteiger charge is 2.13. The van der Waals surface area contributed by atoms with Gasteiger partial charge >= 0.3 is 0 Å². The van der Waals surface area contributed by atoms with Crippen molar-refractivity contribution in [2.24, 2.45) is 0 Å². The molecule has 0 unspecified atom stereocenters. The van der Waals surface area contributed by atoms with Gasteiger partial charge in [0, 0.05) is 23.0 Å². The van der Waals surface area contributed by atoms with Gasteiger partial charge in [0.15, 0.2) is 4.34 Å². The number of hydrogen-bond acceptors (Lipinski definition) is 8. The molecule has 2 N–H and O–H groups in total. The zero-order chi connectivity index (χ0) is 20.1. The number of rotatable bonds is 7. The molecule has 0 bridgehead atoms. The third-order valence-corrected chi connectivity index (χ3v) is 5.66. The Balaban J connectivity index is 1.54. The second kappa shape index (κ2) is 8.81. The van der Waals surface area contributed by atoms with Gasteiger partial charge in [0.2, 0.25) is 11.0 Å². The highest BCUT2D eigenvalue weighted by molar-refractivity contribution is 8.01. The molecule has 0 atom stereocenters. The van der Waals surface area contributed by atoms with Gasteiger partial charge in [-0.05, 0) is 37.6 Å². The third-order valence-electron chi connectivity index (χ3n) is 3.69. The van der Waals surface area contributed by atoms with Crippen molar-refractivity contribution in [2.75, 3.05) is 16.4 Å². The van der Waals surface area contributed by atoms with Crippen molar-refractivity contribution in [2.45, 2.75) is 18.2 Å². The van der Waals surface area contributed by atoms with E-state index in [1.807, 2.05) is 31.2 Å². The van der Waals surface area contributed by atoms with Gasteiger partial charge in [-0.3, -0.25) is 14.9 Å². The van der Waals surface area contributed by atoms with Crippen LogP contribution in [0.1, 0.15) is 11.1 Å². The van der Waals surface area contributed by atoms with E-state index in [1.165, 1.54) is 29.2 Å². The van der Waals surface area contributed by atoms with Crippen LogP contribution >= 0.6 is 23.1 Å². The number of carbonyl (C=O) groups excluding carboxylic acids is 1. The van der Waals surface area contributed by atoms with Gasteiger partial charge in [0.05, 0.1) is 10.7 Å². The molecule has 0 saturated carbocycles.